The van der Waals surface area contributed by atoms with Crippen LogP contribution in [0.1, 0.15) is 5.56 Å². The maximum Gasteiger partial charge on any atom is 0.319 e. The van der Waals surface area contributed by atoms with E-state index in [4.69, 9.17) is 4.74 Å². The van der Waals surface area contributed by atoms with E-state index in [9.17, 15) is 4.79 Å². The lowest BCUT2D eigenvalue weighted by molar-refractivity contribution is 0.252. The molecule has 6 nitrogen and oxygen atoms in total. The molecule has 2 N–H and O–H groups in total. The number of hydrogen-bond donors (Lipinski definition) is 2. The van der Waals surface area contributed by atoms with Crippen LogP contribution >= 0.6 is 11.3 Å². The maximum absolute atomic E-state index is 12.3. The molecule has 0 aliphatic rings. The second-order valence-corrected chi connectivity index (χ2v) is 7.12. The first kappa shape index (κ1) is 18.1. The van der Waals surface area contributed by atoms with Crippen LogP contribution in [0.3, 0.4) is 0 Å². The third kappa shape index (κ3) is 3.99. The summed E-state index contributed by atoms with van der Waals surface area (Å²) in [6, 6.07) is 15.3. The van der Waals surface area contributed by atoms with Crippen molar-refractivity contribution in [1.82, 2.24) is 14.7 Å². The molecule has 0 atom stereocenters. The van der Waals surface area contributed by atoms with Gasteiger partial charge in [-0.3, -0.25) is 4.40 Å². The SMILES string of the molecule is COc1ccc(CCNC(=O)Nc2ccccc2-c2cn3ccsc3n2)cc1. The Morgan fingerprint density at radius 1 is 1.18 bits per heavy atom. The van der Waals surface area contributed by atoms with Crippen LogP contribution in [0.2, 0.25) is 0 Å². The number of ether oxygens (including phenoxy) is 1. The highest BCUT2D eigenvalue weighted by Crippen LogP contribution is 2.28. The van der Waals surface area contributed by atoms with Crippen LogP contribution in [0.4, 0.5) is 10.5 Å². The van der Waals surface area contributed by atoms with Crippen LogP contribution in [-0.2, 0) is 6.42 Å². The fourth-order valence-electron chi connectivity index (χ4n) is 2.95. The van der Waals surface area contributed by atoms with Crippen molar-refractivity contribution in [1.29, 1.82) is 0 Å². The number of fused-ring (bicyclic) bond motifs is 1. The second kappa shape index (κ2) is 8.14. The largest absolute Gasteiger partial charge is 0.497 e. The fraction of sp³-hybridized carbons (Fsp3) is 0.143. The molecule has 2 aromatic heterocycles. The van der Waals surface area contributed by atoms with Gasteiger partial charge in [-0.25, -0.2) is 9.78 Å². The van der Waals surface area contributed by atoms with Gasteiger partial charge in [-0.1, -0.05) is 30.3 Å². The third-order valence-corrected chi connectivity index (χ3v) is 5.17. The molecule has 2 amide bonds. The molecule has 2 aromatic carbocycles. The summed E-state index contributed by atoms with van der Waals surface area (Å²) in [6.07, 6.45) is 4.68. The maximum atomic E-state index is 12.3. The van der Waals surface area contributed by atoms with Gasteiger partial charge in [0.15, 0.2) is 4.96 Å². The number of rotatable bonds is 6. The van der Waals surface area contributed by atoms with E-state index in [1.165, 1.54) is 0 Å². The van der Waals surface area contributed by atoms with Gasteiger partial charge >= 0.3 is 6.03 Å². The van der Waals surface area contributed by atoms with Crippen molar-refractivity contribution < 1.29 is 9.53 Å². The third-order valence-electron chi connectivity index (χ3n) is 4.40. The van der Waals surface area contributed by atoms with Gasteiger partial charge < -0.3 is 15.4 Å². The molecule has 0 radical (unpaired) electrons. The number of hydrogen-bond acceptors (Lipinski definition) is 4. The Bertz CT molecular complexity index is 1060. The minimum atomic E-state index is -0.234. The van der Waals surface area contributed by atoms with E-state index in [0.717, 1.165) is 39.6 Å². The quantitative estimate of drug-likeness (QED) is 0.510. The van der Waals surface area contributed by atoms with Crippen molar-refractivity contribution >= 4 is 28.0 Å². The first-order valence-electron chi connectivity index (χ1n) is 8.92. The summed E-state index contributed by atoms with van der Waals surface area (Å²) in [7, 11) is 1.64. The lowest BCUT2D eigenvalue weighted by Gasteiger charge is -2.11. The number of amides is 2. The highest BCUT2D eigenvalue weighted by Gasteiger charge is 2.11. The van der Waals surface area contributed by atoms with Crippen molar-refractivity contribution in [3.05, 3.63) is 71.9 Å². The summed E-state index contributed by atoms with van der Waals surface area (Å²) in [6.45, 7) is 0.542. The van der Waals surface area contributed by atoms with E-state index in [1.807, 2.05) is 70.7 Å². The normalized spacial score (nSPS) is 10.8. The number of para-hydroxylation sites is 1. The van der Waals surface area contributed by atoms with E-state index in [-0.39, 0.29) is 6.03 Å². The zero-order valence-electron chi connectivity index (χ0n) is 15.4. The Balaban J connectivity index is 1.38. The van der Waals surface area contributed by atoms with Gasteiger partial charge in [0.25, 0.3) is 0 Å². The molecule has 4 aromatic rings. The molecule has 0 saturated carbocycles. The van der Waals surface area contributed by atoms with Crippen LogP contribution in [0, 0.1) is 0 Å². The first-order valence-corrected chi connectivity index (χ1v) is 9.80. The van der Waals surface area contributed by atoms with E-state index in [0.29, 0.717) is 6.54 Å². The summed E-state index contributed by atoms with van der Waals surface area (Å²) in [5, 5.41) is 7.83. The van der Waals surface area contributed by atoms with Gasteiger partial charge in [-0.05, 0) is 30.2 Å². The number of urea groups is 1. The minimum Gasteiger partial charge on any atom is -0.497 e. The molecule has 0 saturated heterocycles. The minimum absolute atomic E-state index is 0.234. The number of thiazole rings is 1. The average Bonchev–Trinajstić information content (AvgIpc) is 3.31. The number of anilines is 1. The predicted molar refractivity (Wildman–Crippen MR) is 112 cm³/mol. The Kier molecular flexibility index (Phi) is 5.25. The average molecular weight is 392 g/mol. The van der Waals surface area contributed by atoms with Gasteiger partial charge in [0.05, 0.1) is 18.5 Å². The van der Waals surface area contributed by atoms with Crippen molar-refractivity contribution in [2.75, 3.05) is 19.0 Å². The van der Waals surface area contributed by atoms with Crippen LogP contribution in [0.15, 0.2) is 66.3 Å². The summed E-state index contributed by atoms with van der Waals surface area (Å²) < 4.78 is 7.13. The molecular formula is C21H20N4O2S. The molecule has 2 heterocycles. The number of aromatic nitrogens is 2. The van der Waals surface area contributed by atoms with E-state index in [2.05, 4.69) is 15.6 Å². The highest BCUT2D eigenvalue weighted by molar-refractivity contribution is 7.15. The summed E-state index contributed by atoms with van der Waals surface area (Å²) in [4.78, 5) is 17.9. The molecule has 0 unspecified atom stereocenters. The summed E-state index contributed by atoms with van der Waals surface area (Å²) >= 11 is 1.58. The van der Waals surface area contributed by atoms with E-state index >= 15 is 0 Å². The number of carbonyl (C=O) groups is 1. The number of nitrogens with zero attached hydrogens (tertiary/aromatic N) is 2. The lowest BCUT2D eigenvalue weighted by Crippen LogP contribution is -2.30. The van der Waals surface area contributed by atoms with Crippen molar-refractivity contribution in [3.8, 4) is 17.0 Å². The molecule has 142 valence electrons. The van der Waals surface area contributed by atoms with Gasteiger partial charge in [0.1, 0.15) is 5.75 Å². The smallest absolute Gasteiger partial charge is 0.319 e. The zero-order valence-corrected chi connectivity index (χ0v) is 16.2. The van der Waals surface area contributed by atoms with Crippen LogP contribution in [0.25, 0.3) is 16.2 Å². The monoisotopic (exact) mass is 392 g/mol. The first-order chi connectivity index (χ1) is 13.7. The fourth-order valence-corrected chi connectivity index (χ4v) is 3.65. The molecule has 28 heavy (non-hydrogen) atoms. The molecule has 0 fully saturated rings. The summed E-state index contributed by atoms with van der Waals surface area (Å²) in [5.41, 5.74) is 3.60. The van der Waals surface area contributed by atoms with Crippen LogP contribution in [0.5, 0.6) is 5.75 Å². The lowest BCUT2D eigenvalue weighted by atomic mass is 10.1. The Morgan fingerprint density at radius 2 is 2.00 bits per heavy atom. The topological polar surface area (TPSA) is 67.7 Å². The number of nitrogens with one attached hydrogen (secondary N) is 2. The Morgan fingerprint density at radius 3 is 2.79 bits per heavy atom. The summed E-state index contributed by atoms with van der Waals surface area (Å²) in [5.74, 6) is 0.824. The van der Waals surface area contributed by atoms with E-state index in [1.54, 1.807) is 18.4 Å². The molecule has 0 spiro atoms. The van der Waals surface area contributed by atoms with Crippen LogP contribution < -0.4 is 15.4 Å². The second-order valence-electron chi connectivity index (χ2n) is 6.24. The molecule has 4 rings (SSSR count). The number of benzene rings is 2. The van der Waals surface area contributed by atoms with Crippen molar-refractivity contribution in [2.24, 2.45) is 0 Å². The highest BCUT2D eigenvalue weighted by atomic mass is 32.1. The van der Waals surface area contributed by atoms with Gasteiger partial charge in [-0.15, -0.1) is 11.3 Å². The molecule has 7 heteroatoms. The Labute approximate surface area is 166 Å². The van der Waals surface area contributed by atoms with Crippen molar-refractivity contribution in [3.63, 3.8) is 0 Å². The van der Waals surface area contributed by atoms with Gasteiger partial charge in [-0.2, -0.15) is 0 Å². The van der Waals surface area contributed by atoms with Gasteiger partial charge in [0.2, 0.25) is 0 Å². The van der Waals surface area contributed by atoms with Gasteiger partial charge in [0, 0.05) is 29.9 Å². The number of imidazole rings is 1. The van der Waals surface area contributed by atoms with Crippen molar-refractivity contribution in [2.45, 2.75) is 6.42 Å². The zero-order chi connectivity index (χ0) is 19.3. The molecule has 0 aliphatic carbocycles. The Hall–Kier alpha value is -3.32. The van der Waals surface area contributed by atoms with Crippen LogP contribution in [-0.4, -0.2) is 29.1 Å². The molecule has 0 aliphatic heterocycles. The number of methoxy groups -OCH3 is 1. The standard InChI is InChI=1S/C21H20N4O2S/c1-27-16-8-6-15(7-9-16)10-11-22-20(26)23-18-5-3-2-4-17(18)19-14-25-12-13-28-21(25)24-19/h2-9,12-14H,10-11H2,1H3,(H2,22,23,26). The molecular weight excluding hydrogens is 372 g/mol. The molecule has 0 bridgehead atoms. The number of carbonyl (C=O) groups excluding carboxylic acids is 1. The van der Waals surface area contributed by atoms with E-state index < -0.39 is 0 Å². The predicted octanol–water partition coefficient (Wildman–Crippen LogP) is 4.44.